The molecule has 1 aliphatic rings. The largest absolute Gasteiger partial charge is 0.493 e. The van der Waals surface area contributed by atoms with Crippen LogP contribution in [0, 0.1) is 5.82 Å². The van der Waals surface area contributed by atoms with Crippen molar-refractivity contribution in [2.45, 2.75) is 44.1 Å². The number of amides is 1. The van der Waals surface area contributed by atoms with Crippen molar-refractivity contribution in [3.05, 3.63) is 53.8 Å². The summed E-state index contributed by atoms with van der Waals surface area (Å²) in [6.07, 6.45) is 1.98. The smallest absolute Gasteiger partial charge is 0.317 e. The third-order valence-corrected chi connectivity index (χ3v) is 5.55. The maximum absolute atomic E-state index is 13.3. The zero-order valence-electron chi connectivity index (χ0n) is 17.4. The summed E-state index contributed by atoms with van der Waals surface area (Å²) in [4.78, 5) is 25.7. The molecule has 6 nitrogen and oxygen atoms in total. The molecule has 1 atom stereocenters. The van der Waals surface area contributed by atoms with Gasteiger partial charge in [-0.3, -0.25) is 9.59 Å². The van der Waals surface area contributed by atoms with Crippen LogP contribution in [0.5, 0.6) is 11.5 Å². The predicted octanol–water partition coefficient (Wildman–Crippen LogP) is 4.23. The molecule has 3 rings (SSSR count). The van der Waals surface area contributed by atoms with Crippen LogP contribution >= 0.6 is 0 Å². The summed E-state index contributed by atoms with van der Waals surface area (Å²) in [6.45, 7) is 1.53. The van der Waals surface area contributed by atoms with E-state index in [2.05, 4.69) is 5.32 Å². The van der Waals surface area contributed by atoms with Crippen LogP contribution in [0.25, 0.3) is 0 Å². The van der Waals surface area contributed by atoms with Crippen LogP contribution in [-0.2, 0) is 19.7 Å². The van der Waals surface area contributed by atoms with Gasteiger partial charge in [-0.25, -0.2) is 4.39 Å². The minimum atomic E-state index is -0.997. The third kappa shape index (κ3) is 4.40. The van der Waals surface area contributed by atoms with Gasteiger partial charge in [-0.1, -0.05) is 25.0 Å². The van der Waals surface area contributed by atoms with E-state index in [0.717, 1.165) is 18.4 Å². The van der Waals surface area contributed by atoms with E-state index in [1.54, 1.807) is 30.3 Å². The lowest BCUT2D eigenvalue weighted by Gasteiger charge is -2.28. The van der Waals surface area contributed by atoms with Crippen molar-refractivity contribution in [3.8, 4) is 11.5 Å². The molecule has 1 saturated carbocycles. The highest BCUT2D eigenvalue weighted by Crippen LogP contribution is 2.42. The molecule has 0 aromatic heterocycles. The van der Waals surface area contributed by atoms with E-state index in [4.69, 9.17) is 14.2 Å². The van der Waals surface area contributed by atoms with E-state index in [1.807, 2.05) is 0 Å². The van der Waals surface area contributed by atoms with Crippen molar-refractivity contribution in [2.75, 3.05) is 19.5 Å². The molecular formula is C23H26FNO5. The summed E-state index contributed by atoms with van der Waals surface area (Å²) in [5.41, 5.74) is 0.375. The number of hydrogen-bond donors (Lipinski definition) is 1. The lowest BCUT2D eigenvalue weighted by molar-refractivity contribution is -0.159. The number of anilines is 1. The monoisotopic (exact) mass is 415 g/mol. The molecule has 30 heavy (non-hydrogen) atoms. The van der Waals surface area contributed by atoms with Gasteiger partial charge in [-0.15, -0.1) is 0 Å². The Morgan fingerprint density at radius 3 is 2.23 bits per heavy atom. The Morgan fingerprint density at radius 1 is 1.00 bits per heavy atom. The maximum Gasteiger partial charge on any atom is 0.317 e. The standard InChI is InChI=1S/C23H26FNO5/c1-15(21(26)25-18-10-11-19(28-2)20(14-18)29-3)30-22(27)23(12-4-5-13-23)16-6-8-17(24)9-7-16/h6-11,14-15H,4-5,12-13H2,1-3H3,(H,25,26)/t15-/m0/s1. The Morgan fingerprint density at radius 2 is 1.63 bits per heavy atom. The van der Waals surface area contributed by atoms with Crippen LogP contribution in [0.4, 0.5) is 10.1 Å². The number of hydrogen-bond acceptors (Lipinski definition) is 5. The molecule has 0 heterocycles. The fourth-order valence-corrected chi connectivity index (χ4v) is 3.84. The number of carbonyl (C=O) groups excluding carboxylic acids is 2. The number of benzene rings is 2. The zero-order valence-corrected chi connectivity index (χ0v) is 17.4. The lowest BCUT2D eigenvalue weighted by atomic mass is 9.79. The van der Waals surface area contributed by atoms with Crippen LogP contribution in [0.3, 0.4) is 0 Å². The molecule has 2 aromatic rings. The van der Waals surface area contributed by atoms with Crippen LogP contribution in [-0.4, -0.2) is 32.2 Å². The minimum Gasteiger partial charge on any atom is -0.493 e. The number of halogens is 1. The van der Waals surface area contributed by atoms with Crippen molar-refractivity contribution in [2.24, 2.45) is 0 Å². The second-order valence-corrected chi connectivity index (χ2v) is 7.40. The van der Waals surface area contributed by atoms with Crippen LogP contribution in [0.15, 0.2) is 42.5 Å². The summed E-state index contributed by atoms with van der Waals surface area (Å²) in [6, 6.07) is 10.9. The summed E-state index contributed by atoms with van der Waals surface area (Å²) in [7, 11) is 3.03. The van der Waals surface area contributed by atoms with Gasteiger partial charge in [0.15, 0.2) is 17.6 Å². The quantitative estimate of drug-likeness (QED) is 0.686. The fourth-order valence-electron chi connectivity index (χ4n) is 3.84. The fraction of sp³-hybridized carbons (Fsp3) is 0.391. The average Bonchev–Trinajstić information content (AvgIpc) is 3.25. The third-order valence-electron chi connectivity index (χ3n) is 5.55. The molecule has 1 aliphatic carbocycles. The number of esters is 1. The summed E-state index contributed by atoms with van der Waals surface area (Å²) in [5, 5.41) is 2.72. The van der Waals surface area contributed by atoms with Crippen LogP contribution in [0.2, 0.25) is 0 Å². The first-order valence-corrected chi connectivity index (χ1v) is 9.89. The molecule has 2 aromatic carbocycles. The SMILES string of the molecule is COc1ccc(NC(=O)[C@H](C)OC(=O)C2(c3ccc(F)cc3)CCCC2)cc1OC. The Hall–Kier alpha value is -3.09. The Kier molecular flexibility index (Phi) is 6.59. The van der Waals surface area contributed by atoms with E-state index in [-0.39, 0.29) is 5.82 Å². The number of nitrogens with one attached hydrogen (secondary N) is 1. The zero-order chi connectivity index (χ0) is 21.7. The number of ether oxygens (including phenoxy) is 3. The molecule has 0 radical (unpaired) electrons. The van der Waals surface area contributed by atoms with Gasteiger partial charge in [0.1, 0.15) is 5.82 Å². The Balaban J connectivity index is 1.71. The highest BCUT2D eigenvalue weighted by Gasteiger charge is 2.45. The normalized spacial score (nSPS) is 15.9. The molecule has 0 saturated heterocycles. The molecule has 1 N–H and O–H groups in total. The van der Waals surface area contributed by atoms with Gasteiger partial charge in [0.25, 0.3) is 5.91 Å². The Bertz CT molecular complexity index is 906. The van der Waals surface area contributed by atoms with Gasteiger partial charge in [0, 0.05) is 11.8 Å². The molecule has 0 aliphatic heterocycles. The van der Waals surface area contributed by atoms with Gasteiger partial charge in [0.2, 0.25) is 0 Å². The van der Waals surface area contributed by atoms with E-state index >= 15 is 0 Å². The van der Waals surface area contributed by atoms with Gasteiger partial charge in [-0.2, -0.15) is 0 Å². The Labute approximate surface area is 175 Å². The van der Waals surface area contributed by atoms with Crippen molar-refractivity contribution in [3.63, 3.8) is 0 Å². The average molecular weight is 415 g/mol. The first kappa shape index (κ1) is 21.6. The minimum absolute atomic E-state index is 0.358. The van der Waals surface area contributed by atoms with Gasteiger partial charge < -0.3 is 19.5 Å². The van der Waals surface area contributed by atoms with E-state index in [0.29, 0.717) is 30.0 Å². The highest BCUT2D eigenvalue weighted by molar-refractivity contribution is 5.96. The number of carbonyl (C=O) groups is 2. The van der Waals surface area contributed by atoms with Crippen molar-refractivity contribution in [1.29, 1.82) is 0 Å². The predicted molar refractivity (Wildman–Crippen MR) is 110 cm³/mol. The van der Waals surface area contributed by atoms with Gasteiger partial charge >= 0.3 is 5.97 Å². The molecule has 0 spiro atoms. The first-order chi connectivity index (χ1) is 14.4. The molecule has 1 amide bonds. The van der Waals surface area contributed by atoms with Crippen molar-refractivity contribution >= 4 is 17.6 Å². The van der Waals surface area contributed by atoms with Gasteiger partial charge in [0.05, 0.1) is 19.6 Å². The lowest BCUT2D eigenvalue weighted by Crippen LogP contribution is -2.39. The first-order valence-electron chi connectivity index (χ1n) is 9.89. The molecular weight excluding hydrogens is 389 g/mol. The number of methoxy groups -OCH3 is 2. The van der Waals surface area contributed by atoms with Crippen molar-refractivity contribution in [1.82, 2.24) is 0 Å². The van der Waals surface area contributed by atoms with Crippen molar-refractivity contribution < 1.29 is 28.2 Å². The molecule has 0 unspecified atom stereocenters. The maximum atomic E-state index is 13.3. The molecule has 160 valence electrons. The number of rotatable bonds is 7. The molecule has 7 heteroatoms. The van der Waals surface area contributed by atoms with Gasteiger partial charge in [-0.05, 0) is 49.6 Å². The topological polar surface area (TPSA) is 73.9 Å². The van der Waals surface area contributed by atoms with E-state index in [1.165, 1.54) is 33.3 Å². The second kappa shape index (κ2) is 9.15. The summed E-state index contributed by atoms with van der Waals surface area (Å²) in [5.74, 6) is -0.258. The van der Waals surface area contributed by atoms with Crippen LogP contribution in [0.1, 0.15) is 38.2 Å². The second-order valence-electron chi connectivity index (χ2n) is 7.40. The summed E-state index contributed by atoms with van der Waals surface area (Å²) < 4.78 is 29.3. The molecule has 1 fully saturated rings. The van der Waals surface area contributed by atoms with E-state index in [9.17, 15) is 14.0 Å². The molecule has 0 bridgehead atoms. The summed E-state index contributed by atoms with van der Waals surface area (Å²) >= 11 is 0. The highest BCUT2D eigenvalue weighted by atomic mass is 19.1. The van der Waals surface area contributed by atoms with Crippen LogP contribution < -0.4 is 14.8 Å². The van der Waals surface area contributed by atoms with E-state index < -0.39 is 23.4 Å².